The fourth-order valence-electron chi connectivity index (χ4n) is 3.19. The molecule has 1 aromatic heterocycles. The zero-order chi connectivity index (χ0) is 18.8. The van der Waals surface area contributed by atoms with Crippen molar-refractivity contribution in [1.29, 1.82) is 0 Å². The van der Waals surface area contributed by atoms with Crippen LogP contribution in [-0.4, -0.2) is 23.9 Å². The second kappa shape index (κ2) is 7.11. The monoisotopic (exact) mass is 361 g/mol. The number of H-pyrrole nitrogens is 1. The summed E-state index contributed by atoms with van der Waals surface area (Å²) < 4.78 is 19.0. The van der Waals surface area contributed by atoms with Crippen LogP contribution >= 0.6 is 0 Å². The quantitative estimate of drug-likeness (QED) is 0.508. The second-order valence-corrected chi connectivity index (χ2v) is 6.27. The van der Waals surface area contributed by atoms with E-state index in [0.717, 1.165) is 39.3 Å². The summed E-state index contributed by atoms with van der Waals surface area (Å²) in [5, 5.41) is 8.46. The minimum absolute atomic E-state index is 0.258. The van der Waals surface area contributed by atoms with Gasteiger partial charge >= 0.3 is 0 Å². The molecule has 0 aliphatic rings. The van der Waals surface area contributed by atoms with Crippen LogP contribution in [0.3, 0.4) is 0 Å². The summed E-state index contributed by atoms with van der Waals surface area (Å²) in [6.07, 6.45) is 0. The summed E-state index contributed by atoms with van der Waals surface area (Å²) >= 11 is 0. The molecule has 0 aliphatic carbocycles. The molecule has 5 heteroatoms. The Morgan fingerprint density at radius 3 is 2.59 bits per heavy atom. The fourth-order valence-corrected chi connectivity index (χ4v) is 3.19. The molecule has 0 aliphatic heterocycles. The third-order valence-electron chi connectivity index (χ3n) is 4.58. The van der Waals surface area contributed by atoms with Crippen LogP contribution in [0, 0.1) is 5.82 Å². The summed E-state index contributed by atoms with van der Waals surface area (Å²) in [6, 6.07) is 20.5. The Morgan fingerprint density at radius 2 is 1.81 bits per heavy atom. The highest BCUT2D eigenvalue weighted by molar-refractivity contribution is 5.95. The van der Waals surface area contributed by atoms with Crippen LogP contribution in [0.25, 0.3) is 22.2 Å². The van der Waals surface area contributed by atoms with Crippen molar-refractivity contribution in [3.8, 4) is 17.0 Å². The maximum Gasteiger partial charge on any atom is 0.142 e. The van der Waals surface area contributed by atoms with E-state index in [4.69, 9.17) is 4.74 Å². The molecule has 4 nitrogen and oxygen atoms in total. The number of para-hydroxylation sites is 2. The number of rotatable bonds is 5. The van der Waals surface area contributed by atoms with E-state index in [-0.39, 0.29) is 5.82 Å². The zero-order valence-corrected chi connectivity index (χ0v) is 15.2. The van der Waals surface area contributed by atoms with E-state index in [1.165, 1.54) is 12.1 Å². The minimum Gasteiger partial charge on any atom is -0.492 e. The first kappa shape index (κ1) is 17.1. The summed E-state index contributed by atoms with van der Waals surface area (Å²) in [6.45, 7) is 2.59. The average Bonchev–Trinajstić information content (AvgIpc) is 3.12. The van der Waals surface area contributed by atoms with Gasteiger partial charge in [0.2, 0.25) is 0 Å². The van der Waals surface area contributed by atoms with E-state index in [9.17, 15) is 4.39 Å². The van der Waals surface area contributed by atoms with Crippen molar-refractivity contribution in [2.45, 2.75) is 6.92 Å². The van der Waals surface area contributed by atoms with E-state index in [0.29, 0.717) is 6.61 Å². The third kappa shape index (κ3) is 3.24. The highest BCUT2D eigenvalue weighted by Gasteiger charge is 2.13. The van der Waals surface area contributed by atoms with Gasteiger partial charge in [-0.25, -0.2) is 4.39 Å². The molecule has 0 radical (unpaired) electrons. The molecule has 0 unspecified atom stereocenters. The molecule has 0 saturated heterocycles. The predicted molar refractivity (Wildman–Crippen MR) is 107 cm³/mol. The van der Waals surface area contributed by atoms with Gasteiger partial charge in [0, 0.05) is 23.7 Å². The van der Waals surface area contributed by atoms with Crippen LogP contribution in [0.5, 0.6) is 5.75 Å². The van der Waals surface area contributed by atoms with Gasteiger partial charge in [0.05, 0.1) is 23.5 Å². The van der Waals surface area contributed by atoms with Gasteiger partial charge in [0.15, 0.2) is 0 Å². The van der Waals surface area contributed by atoms with E-state index < -0.39 is 0 Å². The van der Waals surface area contributed by atoms with Gasteiger partial charge in [0.1, 0.15) is 11.6 Å². The Morgan fingerprint density at radius 1 is 1.04 bits per heavy atom. The molecule has 3 aromatic carbocycles. The van der Waals surface area contributed by atoms with Crippen LogP contribution in [0.1, 0.15) is 6.92 Å². The van der Waals surface area contributed by atoms with E-state index in [1.54, 1.807) is 12.1 Å². The number of anilines is 2. The van der Waals surface area contributed by atoms with Crippen LogP contribution < -0.4 is 9.64 Å². The first-order valence-corrected chi connectivity index (χ1v) is 8.87. The Bertz CT molecular complexity index is 1070. The Hall–Kier alpha value is -3.34. The number of hydrogen-bond donors (Lipinski definition) is 1. The van der Waals surface area contributed by atoms with Crippen molar-refractivity contribution in [1.82, 2.24) is 10.2 Å². The number of fused-ring (bicyclic) bond motifs is 1. The lowest BCUT2D eigenvalue weighted by molar-refractivity contribution is 0.341. The van der Waals surface area contributed by atoms with Gasteiger partial charge in [-0.1, -0.05) is 12.1 Å². The molecule has 1 heterocycles. The molecular formula is C22H20FN3O. The SMILES string of the molecule is CCOc1ccccc1N(C)c1ccc2[nH]nc(-c3ccc(F)cc3)c2c1. The van der Waals surface area contributed by atoms with Gasteiger partial charge in [-0.3, -0.25) is 5.10 Å². The van der Waals surface area contributed by atoms with Crippen LogP contribution in [0.15, 0.2) is 66.7 Å². The van der Waals surface area contributed by atoms with Gasteiger partial charge < -0.3 is 9.64 Å². The number of aromatic amines is 1. The molecule has 0 fully saturated rings. The maximum absolute atomic E-state index is 13.3. The lowest BCUT2D eigenvalue weighted by Crippen LogP contribution is -2.11. The molecule has 0 amide bonds. The van der Waals surface area contributed by atoms with Gasteiger partial charge in [0.25, 0.3) is 0 Å². The molecule has 0 atom stereocenters. The summed E-state index contributed by atoms with van der Waals surface area (Å²) in [4.78, 5) is 2.09. The number of nitrogens with zero attached hydrogens (tertiary/aromatic N) is 2. The van der Waals surface area contributed by atoms with Crippen molar-refractivity contribution in [3.63, 3.8) is 0 Å². The average molecular weight is 361 g/mol. The summed E-state index contributed by atoms with van der Waals surface area (Å²) in [5.74, 6) is 0.583. The largest absolute Gasteiger partial charge is 0.492 e. The smallest absolute Gasteiger partial charge is 0.142 e. The first-order valence-electron chi connectivity index (χ1n) is 8.87. The number of benzene rings is 3. The molecule has 0 bridgehead atoms. The Balaban J connectivity index is 1.77. The Kier molecular flexibility index (Phi) is 4.50. The van der Waals surface area contributed by atoms with E-state index >= 15 is 0 Å². The lowest BCUT2D eigenvalue weighted by atomic mass is 10.1. The van der Waals surface area contributed by atoms with Gasteiger partial charge in [-0.05, 0) is 61.5 Å². The number of ether oxygens (including phenoxy) is 1. The summed E-state index contributed by atoms with van der Waals surface area (Å²) in [7, 11) is 2.01. The molecule has 27 heavy (non-hydrogen) atoms. The van der Waals surface area contributed by atoms with Crippen LogP contribution in [0.2, 0.25) is 0 Å². The molecule has 0 spiro atoms. The molecule has 4 aromatic rings. The second-order valence-electron chi connectivity index (χ2n) is 6.27. The number of halogens is 1. The van der Waals surface area contributed by atoms with Crippen molar-refractivity contribution in [3.05, 3.63) is 72.5 Å². The molecule has 1 N–H and O–H groups in total. The number of nitrogens with one attached hydrogen (secondary N) is 1. The van der Waals surface area contributed by atoms with Crippen molar-refractivity contribution in [2.24, 2.45) is 0 Å². The first-order chi connectivity index (χ1) is 13.2. The molecule has 4 rings (SSSR count). The van der Waals surface area contributed by atoms with Crippen molar-refractivity contribution >= 4 is 22.3 Å². The van der Waals surface area contributed by atoms with Crippen LogP contribution in [-0.2, 0) is 0 Å². The summed E-state index contributed by atoms with van der Waals surface area (Å²) in [5.41, 5.74) is 4.62. The van der Waals surface area contributed by atoms with Crippen molar-refractivity contribution < 1.29 is 9.13 Å². The number of aromatic nitrogens is 2. The maximum atomic E-state index is 13.3. The number of hydrogen-bond acceptors (Lipinski definition) is 3. The molecule has 0 saturated carbocycles. The molecular weight excluding hydrogens is 341 g/mol. The van der Waals surface area contributed by atoms with E-state index in [2.05, 4.69) is 21.2 Å². The topological polar surface area (TPSA) is 41.1 Å². The minimum atomic E-state index is -0.258. The van der Waals surface area contributed by atoms with Crippen molar-refractivity contribution in [2.75, 3.05) is 18.6 Å². The normalized spacial score (nSPS) is 10.9. The fraction of sp³-hybridized carbons (Fsp3) is 0.136. The molecule has 136 valence electrons. The lowest BCUT2D eigenvalue weighted by Gasteiger charge is -2.22. The Labute approximate surface area is 157 Å². The highest BCUT2D eigenvalue weighted by Crippen LogP contribution is 2.35. The van der Waals surface area contributed by atoms with E-state index in [1.807, 2.05) is 50.4 Å². The predicted octanol–water partition coefficient (Wildman–Crippen LogP) is 5.54. The standard InChI is InChI=1S/C22H20FN3O/c1-3-27-21-7-5-4-6-20(21)26(2)17-12-13-19-18(14-17)22(25-24-19)15-8-10-16(23)11-9-15/h4-14H,3H2,1-2H3,(H,24,25). The van der Waals surface area contributed by atoms with Gasteiger partial charge in [-0.2, -0.15) is 5.10 Å². The van der Waals surface area contributed by atoms with Crippen LogP contribution in [0.4, 0.5) is 15.8 Å². The van der Waals surface area contributed by atoms with Gasteiger partial charge in [-0.15, -0.1) is 0 Å². The highest BCUT2D eigenvalue weighted by atomic mass is 19.1. The third-order valence-corrected chi connectivity index (χ3v) is 4.58. The zero-order valence-electron chi connectivity index (χ0n) is 15.2.